The molecule has 2 aromatic carbocycles. The summed E-state index contributed by atoms with van der Waals surface area (Å²) < 4.78 is 27.4. The van der Waals surface area contributed by atoms with Gasteiger partial charge in [0.15, 0.2) is 0 Å². The van der Waals surface area contributed by atoms with Crippen LogP contribution >= 0.6 is 11.6 Å². The van der Waals surface area contributed by atoms with Gasteiger partial charge >= 0.3 is 0 Å². The van der Waals surface area contributed by atoms with Crippen molar-refractivity contribution in [2.24, 2.45) is 0 Å². The van der Waals surface area contributed by atoms with Crippen molar-refractivity contribution < 1.29 is 8.42 Å². The van der Waals surface area contributed by atoms with Gasteiger partial charge in [-0.2, -0.15) is 0 Å². The van der Waals surface area contributed by atoms with Gasteiger partial charge in [-0.1, -0.05) is 47.5 Å². The van der Waals surface area contributed by atoms with Crippen LogP contribution in [-0.4, -0.2) is 8.42 Å². The first kappa shape index (κ1) is 17.0. The van der Waals surface area contributed by atoms with Gasteiger partial charge in [-0.15, -0.1) is 0 Å². The highest BCUT2D eigenvalue weighted by molar-refractivity contribution is 7.88. The molecule has 2 rings (SSSR count). The molecule has 0 aliphatic heterocycles. The van der Waals surface area contributed by atoms with E-state index in [-0.39, 0.29) is 11.8 Å². The molecule has 0 radical (unpaired) electrons. The van der Waals surface area contributed by atoms with E-state index in [0.717, 1.165) is 16.7 Å². The van der Waals surface area contributed by atoms with Crippen LogP contribution in [0.15, 0.2) is 42.5 Å². The number of sulfonamides is 1. The van der Waals surface area contributed by atoms with Crippen molar-refractivity contribution >= 4 is 21.6 Å². The number of aryl methyl sites for hydroxylation is 2. The first-order valence-corrected chi connectivity index (χ1v) is 9.11. The Bertz CT molecular complexity index is 772. The van der Waals surface area contributed by atoms with E-state index < -0.39 is 10.0 Å². The van der Waals surface area contributed by atoms with E-state index in [9.17, 15) is 8.42 Å². The fourth-order valence-corrected chi connectivity index (χ4v) is 4.03. The van der Waals surface area contributed by atoms with Crippen molar-refractivity contribution in [1.82, 2.24) is 4.72 Å². The number of hydrogen-bond acceptors (Lipinski definition) is 2. The average molecular weight is 338 g/mol. The first-order chi connectivity index (χ1) is 10.3. The van der Waals surface area contributed by atoms with Crippen LogP contribution in [0.1, 0.15) is 35.2 Å². The second kappa shape index (κ2) is 6.82. The number of nitrogens with one attached hydrogen (secondary N) is 1. The molecule has 0 unspecified atom stereocenters. The monoisotopic (exact) mass is 337 g/mol. The Labute approximate surface area is 137 Å². The third-order valence-electron chi connectivity index (χ3n) is 3.50. The van der Waals surface area contributed by atoms with Crippen molar-refractivity contribution in [1.29, 1.82) is 0 Å². The molecule has 0 saturated heterocycles. The van der Waals surface area contributed by atoms with Crippen LogP contribution in [-0.2, 0) is 15.8 Å². The molecular formula is C17H20ClNO2S. The maximum Gasteiger partial charge on any atom is 0.216 e. The van der Waals surface area contributed by atoms with Gasteiger partial charge in [-0.25, -0.2) is 13.1 Å². The van der Waals surface area contributed by atoms with Gasteiger partial charge in [0, 0.05) is 11.1 Å². The fourth-order valence-electron chi connectivity index (χ4n) is 2.45. The predicted molar refractivity (Wildman–Crippen MR) is 91.5 cm³/mol. The molecule has 5 heteroatoms. The first-order valence-electron chi connectivity index (χ1n) is 7.08. The lowest BCUT2D eigenvalue weighted by molar-refractivity contribution is 0.565. The molecule has 2 aromatic rings. The minimum atomic E-state index is -3.44. The molecule has 0 spiro atoms. The zero-order valence-electron chi connectivity index (χ0n) is 12.9. The standard InChI is InChI=1S/C17H20ClNO2S/c1-12-7-8-13(2)17(9-12)14(3)19-22(20,21)11-15-5-4-6-16(18)10-15/h4-10,14,19H,11H2,1-3H3/t14-/m0/s1. The summed E-state index contributed by atoms with van der Waals surface area (Å²) in [5, 5.41) is 0.537. The van der Waals surface area contributed by atoms with Crippen molar-refractivity contribution in [3.63, 3.8) is 0 Å². The van der Waals surface area contributed by atoms with Crippen molar-refractivity contribution in [2.45, 2.75) is 32.6 Å². The van der Waals surface area contributed by atoms with Crippen molar-refractivity contribution in [2.75, 3.05) is 0 Å². The lowest BCUT2D eigenvalue weighted by Gasteiger charge is -2.17. The Morgan fingerprint density at radius 2 is 1.86 bits per heavy atom. The van der Waals surface area contributed by atoms with E-state index in [1.165, 1.54) is 0 Å². The third kappa shape index (κ3) is 4.57. The van der Waals surface area contributed by atoms with Gasteiger partial charge in [-0.3, -0.25) is 0 Å². The molecule has 118 valence electrons. The minimum Gasteiger partial charge on any atom is -0.212 e. The fraction of sp³-hybridized carbons (Fsp3) is 0.294. The van der Waals surface area contributed by atoms with E-state index >= 15 is 0 Å². The topological polar surface area (TPSA) is 46.2 Å². The highest BCUT2D eigenvalue weighted by Crippen LogP contribution is 2.21. The average Bonchev–Trinajstić information content (AvgIpc) is 2.40. The van der Waals surface area contributed by atoms with Crippen LogP contribution in [0.5, 0.6) is 0 Å². The Balaban J connectivity index is 2.16. The van der Waals surface area contributed by atoms with Gasteiger partial charge in [0.05, 0.1) is 5.75 Å². The quantitative estimate of drug-likeness (QED) is 0.891. The van der Waals surface area contributed by atoms with Crippen molar-refractivity contribution in [3.8, 4) is 0 Å². The van der Waals surface area contributed by atoms with Crippen LogP contribution in [0, 0.1) is 13.8 Å². The molecule has 0 fully saturated rings. The molecule has 0 amide bonds. The smallest absolute Gasteiger partial charge is 0.212 e. The Hall–Kier alpha value is -1.36. The molecule has 0 aliphatic rings. The zero-order chi connectivity index (χ0) is 16.3. The van der Waals surface area contributed by atoms with E-state index in [1.54, 1.807) is 24.3 Å². The van der Waals surface area contributed by atoms with Gasteiger partial charge < -0.3 is 0 Å². The molecule has 0 saturated carbocycles. The van der Waals surface area contributed by atoms with Crippen molar-refractivity contribution in [3.05, 3.63) is 69.7 Å². The largest absolute Gasteiger partial charge is 0.216 e. The molecule has 1 atom stereocenters. The molecular weight excluding hydrogens is 318 g/mol. The summed E-state index contributed by atoms with van der Waals surface area (Å²) in [5.74, 6) is -0.0806. The van der Waals surface area contributed by atoms with E-state index in [0.29, 0.717) is 10.6 Å². The normalized spacial score (nSPS) is 13.1. The SMILES string of the molecule is Cc1ccc(C)c([C@H](C)NS(=O)(=O)Cc2cccc(Cl)c2)c1. The van der Waals surface area contributed by atoms with Crippen LogP contribution in [0.2, 0.25) is 5.02 Å². The summed E-state index contributed by atoms with van der Waals surface area (Å²) in [7, 11) is -3.44. The molecule has 22 heavy (non-hydrogen) atoms. The summed E-state index contributed by atoms with van der Waals surface area (Å²) in [4.78, 5) is 0. The maximum absolute atomic E-state index is 12.3. The summed E-state index contributed by atoms with van der Waals surface area (Å²) in [6.07, 6.45) is 0. The van der Waals surface area contributed by atoms with E-state index in [2.05, 4.69) is 4.72 Å². The van der Waals surface area contributed by atoms with Gasteiger partial charge in [-0.05, 0) is 49.6 Å². The van der Waals surface area contributed by atoms with Gasteiger partial charge in [0.1, 0.15) is 0 Å². The molecule has 0 aromatic heterocycles. The van der Waals surface area contributed by atoms with E-state index in [1.807, 2.05) is 39.0 Å². The number of rotatable bonds is 5. The van der Waals surface area contributed by atoms with E-state index in [4.69, 9.17) is 11.6 Å². The number of halogens is 1. The van der Waals surface area contributed by atoms with Crippen LogP contribution in [0.3, 0.4) is 0 Å². The van der Waals surface area contributed by atoms with Gasteiger partial charge in [0.25, 0.3) is 0 Å². The highest BCUT2D eigenvalue weighted by Gasteiger charge is 2.18. The molecule has 0 aliphatic carbocycles. The molecule has 0 heterocycles. The molecule has 1 N–H and O–H groups in total. The summed E-state index contributed by atoms with van der Waals surface area (Å²) in [5.41, 5.74) is 3.85. The molecule has 3 nitrogen and oxygen atoms in total. The summed E-state index contributed by atoms with van der Waals surface area (Å²) in [6, 6.07) is 12.7. The summed E-state index contributed by atoms with van der Waals surface area (Å²) in [6.45, 7) is 5.84. The zero-order valence-corrected chi connectivity index (χ0v) is 14.5. The minimum absolute atomic E-state index is 0.0806. The van der Waals surface area contributed by atoms with Crippen LogP contribution in [0.25, 0.3) is 0 Å². The Morgan fingerprint density at radius 3 is 2.55 bits per heavy atom. The number of hydrogen-bond donors (Lipinski definition) is 1. The second-order valence-corrected chi connectivity index (χ2v) is 7.78. The number of benzene rings is 2. The molecule has 0 bridgehead atoms. The van der Waals surface area contributed by atoms with Gasteiger partial charge in [0.2, 0.25) is 10.0 Å². The Kier molecular flexibility index (Phi) is 5.27. The van der Waals surface area contributed by atoms with Crippen LogP contribution < -0.4 is 4.72 Å². The van der Waals surface area contributed by atoms with Crippen LogP contribution in [0.4, 0.5) is 0 Å². The maximum atomic E-state index is 12.3. The highest BCUT2D eigenvalue weighted by atomic mass is 35.5. The third-order valence-corrected chi connectivity index (χ3v) is 5.16. The lowest BCUT2D eigenvalue weighted by atomic mass is 10.0. The predicted octanol–water partition coefficient (Wildman–Crippen LogP) is 4.14. The lowest BCUT2D eigenvalue weighted by Crippen LogP contribution is -2.28. The Morgan fingerprint density at radius 1 is 1.14 bits per heavy atom. The second-order valence-electron chi connectivity index (χ2n) is 5.59. The summed E-state index contributed by atoms with van der Waals surface area (Å²) >= 11 is 5.90.